The van der Waals surface area contributed by atoms with Crippen LogP contribution in [-0.2, 0) is 19.1 Å². The molecule has 2 aromatic carbocycles. The van der Waals surface area contributed by atoms with Crippen LogP contribution in [0, 0.1) is 5.92 Å². The molecule has 1 aliphatic carbocycles. The number of nitrogens with one attached hydrogen (secondary N) is 1. The molecule has 2 heterocycles. The monoisotopic (exact) mass is 478 g/mol. The van der Waals surface area contributed by atoms with Crippen LogP contribution in [0.4, 0.5) is 4.79 Å². The fraction of sp³-hybridized carbons (Fsp3) is 0.444. The Bertz CT molecular complexity index is 1100. The van der Waals surface area contributed by atoms with Crippen LogP contribution in [0.5, 0.6) is 0 Å². The summed E-state index contributed by atoms with van der Waals surface area (Å²) in [7, 11) is 0. The lowest BCUT2D eigenvalue weighted by Gasteiger charge is -2.32. The molecule has 0 radical (unpaired) electrons. The standard InChI is InChI=1S/C27H30N2O6/c1-15(2)24(25(30)29-21-11-12-34-23(21)13-22(29)26(31)32)28-27(33)35-14-20-18-9-5-3-7-16(18)17-8-4-6-10-19(17)20/h3-10,15,20-24H,11-14H2,1-2H3,(H,28,33)(H,31,32)/t21-,22?,23-,24?/m0/s1. The zero-order valence-corrected chi connectivity index (χ0v) is 19.8. The van der Waals surface area contributed by atoms with Crippen molar-refractivity contribution in [3.8, 4) is 11.1 Å². The number of hydrogen-bond acceptors (Lipinski definition) is 5. The normalized spacial score (nSPS) is 23.5. The molecule has 5 rings (SSSR count). The first-order valence-electron chi connectivity index (χ1n) is 12.1. The van der Waals surface area contributed by atoms with Gasteiger partial charge in [0.25, 0.3) is 0 Å². The Balaban J connectivity index is 1.29. The summed E-state index contributed by atoms with van der Waals surface area (Å²) in [5.74, 6) is -1.80. The SMILES string of the molecule is CC(C)C(NC(=O)OCC1c2ccccc2-c2ccccc21)C(=O)N1C(C(=O)O)C[C@@H]2OCC[C@@H]21. The van der Waals surface area contributed by atoms with Crippen LogP contribution in [0.1, 0.15) is 43.7 Å². The predicted octanol–water partition coefficient (Wildman–Crippen LogP) is 3.39. The van der Waals surface area contributed by atoms with Crippen molar-refractivity contribution in [1.82, 2.24) is 10.2 Å². The molecule has 0 spiro atoms. The molecule has 2 aromatic rings. The van der Waals surface area contributed by atoms with E-state index >= 15 is 0 Å². The van der Waals surface area contributed by atoms with Gasteiger partial charge in [0.15, 0.2) is 0 Å². The number of carboxylic acid groups (broad SMARTS) is 1. The zero-order chi connectivity index (χ0) is 24.7. The van der Waals surface area contributed by atoms with Crippen LogP contribution in [0.25, 0.3) is 11.1 Å². The lowest BCUT2D eigenvalue weighted by Crippen LogP contribution is -2.56. The van der Waals surface area contributed by atoms with Gasteiger partial charge >= 0.3 is 12.1 Å². The highest BCUT2D eigenvalue weighted by Gasteiger charge is 2.51. The minimum atomic E-state index is -1.06. The summed E-state index contributed by atoms with van der Waals surface area (Å²) in [6.45, 7) is 4.28. The van der Waals surface area contributed by atoms with E-state index in [0.29, 0.717) is 13.0 Å². The molecule has 35 heavy (non-hydrogen) atoms. The third-order valence-corrected chi connectivity index (χ3v) is 7.41. The maximum atomic E-state index is 13.5. The molecular formula is C27H30N2O6. The van der Waals surface area contributed by atoms with Gasteiger partial charge in [-0.05, 0) is 34.6 Å². The Morgan fingerprint density at radius 3 is 2.31 bits per heavy atom. The highest BCUT2D eigenvalue weighted by molar-refractivity contribution is 5.90. The molecule has 0 aromatic heterocycles. The van der Waals surface area contributed by atoms with E-state index in [1.807, 2.05) is 50.2 Å². The Morgan fingerprint density at radius 1 is 1.09 bits per heavy atom. The first-order valence-corrected chi connectivity index (χ1v) is 12.1. The molecule has 2 fully saturated rings. The lowest BCUT2D eigenvalue weighted by atomic mass is 9.98. The van der Waals surface area contributed by atoms with Gasteiger partial charge in [-0.3, -0.25) is 4.79 Å². The summed E-state index contributed by atoms with van der Waals surface area (Å²) in [5, 5.41) is 12.4. The summed E-state index contributed by atoms with van der Waals surface area (Å²) in [5.41, 5.74) is 4.47. The van der Waals surface area contributed by atoms with Crippen molar-refractivity contribution in [2.75, 3.05) is 13.2 Å². The maximum Gasteiger partial charge on any atom is 0.407 e. The number of rotatable bonds is 6. The number of carboxylic acids is 1. The largest absolute Gasteiger partial charge is 0.480 e. The molecular weight excluding hydrogens is 448 g/mol. The van der Waals surface area contributed by atoms with Gasteiger partial charge in [-0.1, -0.05) is 62.4 Å². The molecule has 8 heteroatoms. The fourth-order valence-corrected chi connectivity index (χ4v) is 5.72. The first-order chi connectivity index (χ1) is 16.9. The number of benzene rings is 2. The molecule has 2 aliphatic heterocycles. The number of fused-ring (bicyclic) bond motifs is 4. The number of carbonyl (C=O) groups excluding carboxylic acids is 2. The van der Waals surface area contributed by atoms with E-state index in [1.165, 1.54) is 4.90 Å². The van der Waals surface area contributed by atoms with E-state index in [1.54, 1.807) is 0 Å². The molecule has 2 amide bonds. The molecule has 2 unspecified atom stereocenters. The van der Waals surface area contributed by atoms with Crippen LogP contribution in [-0.4, -0.2) is 65.4 Å². The lowest BCUT2D eigenvalue weighted by molar-refractivity contribution is -0.151. The number of likely N-dealkylation sites (tertiary alicyclic amines) is 1. The van der Waals surface area contributed by atoms with Crippen LogP contribution >= 0.6 is 0 Å². The van der Waals surface area contributed by atoms with Crippen molar-refractivity contribution in [2.45, 2.75) is 56.8 Å². The van der Waals surface area contributed by atoms with Crippen molar-refractivity contribution in [3.05, 3.63) is 59.7 Å². The van der Waals surface area contributed by atoms with E-state index in [2.05, 4.69) is 17.4 Å². The number of amides is 2. The zero-order valence-electron chi connectivity index (χ0n) is 19.8. The van der Waals surface area contributed by atoms with Gasteiger partial charge in [0, 0.05) is 18.9 Å². The number of hydrogen-bond donors (Lipinski definition) is 2. The number of aliphatic carboxylic acids is 1. The molecule has 8 nitrogen and oxygen atoms in total. The molecule has 2 N–H and O–H groups in total. The third-order valence-electron chi connectivity index (χ3n) is 7.41. The van der Waals surface area contributed by atoms with E-state index in [0.717, 1.165) is 22.3 Å². The van der Waals surface area contributed by atoms with Crippen molar-refractivity contribution in [2.24, 2.45) is 5.92 Å². The second kappa shape index (κ2) is 9.34. The number of carbonyl (C=O) groups is 3. The van der Waals surface area contributed by atoms with Gasteiger partial charge in [0.1, 0.15) is 18.7 Å². The predicted molar refractivity (Wildman–Crippen MR) is 128 cm³/mol. The minimum absolute atomic E-state index is 0.0901. The Labute approximate surface area is 204 Å². The minimum Gasteiger partial charge on any atom is -0.480 e. The molecule has 2 saturated heterocycles. The van der Waals surface area contributed by atoms with E-state index in [9.17, 15) is 19.5 Å². The van der Waals surface area contributed by atoms with Crippen LogP contribution < -0.4 is 5.32 Å². The van der Waals surface area contributed by atoms with Crippen LogP contribution in [0.3, 0.4) is 0 Å². The highest BCUT2D eigenvalue weighted by atomic mass is 16.5. The quantitative estimate of drug-likeness (QED) is 0.660. The molecule has 0 saturated carbocycles. The average molecular weight is 479 g/mol. The molecule has 4 atom stereocenters. The van der Waals surface area contributed by atoms with E-state index in [4.69, 9.17) is 9.47 Å². The third kappa shape index (κ3) is 4.16. The molecule has 3 aliphatic rings. The topological polar surface area (TPSA) is 105 Å². The van der Waals surface area contributed by atoms with Gasteiger partial charge in [-0.2, -0.15) is 0 Å². The van der Waals surface area contributed by atoms with Gasteiger partial charge < -0.3 is 24.8 Å². The van der Waals surface area contributed by atoms with Crippen molar-refractivity contribution < 1.29 is 29.0 Å². The number of nitrogens with zero attached hydrogens (tertiary/aromatic N) is 1. The Morgan fingerprint density at radius 2 is 1.71 bits per heavy atom. The van der Waals surface area contributed by atoms with Gasteiger partial charge in [0.05, 0.1) is 12.1 Å². The summed E-state index contributed by atoms with van der Waals surface area (Å²) in [4.78, 5) is 39.6. The maximum absolute atomic E-state index is 13.5. The number of ether oxygens (including phenoxy) is 2. The fourth-order valence-electron chi connectivity index (χ4n) is 5.72. The first kappa shape index (κ1) is 23.4. The summed E-state index contributed by atoms with van der Waals surface area (Å²) >= 11 is 0. The van der Waals surface area contributed by atoms with Crippen molar-refractivity contribution >= 4 is 18.0 Å². The van der Waals surface area contributed by atoms with Gasteiger partial charge in [-0.25, -0.2) is 9.59 Å². The summed E-state index contributed by atoms with van der Waals surface area (Å²) in [6.07, 6.45) is -0.108. The van der Waals surface area contributed by atoms with Crippen molar-refractivity contribution in [1.29, 1.82) is 0 Å². The molecule has 0 bridgehead atoms. The van der Waals surface area contributed by atoms with E-state index in [-0.39, 0.29) is 37.0 Å². The van der Waals surface area contributed by atoms with Crippen LogP contribution in [0.15, 0.2) is 48.5 Å². The van der Waals surface area contributed by atoms with E-state index < -0.39 is 30.1 Å². The van der Waals surface area contributed by atoms with Crippen LogP contribution in [0.2, 0.25) is 0 Å². The summed E-state index contributed by atoms with van der Waals surface area (Å²) in [6, 6.07) is 14.0. The second-order valence-electron chi connectivity index (χ2n) is 9.79. The van der Waals surface area contributed by atoms with Gasteiger partial charge in [-0.15, -0.1) is 0 Å². The Kier molecular flexibility index (Phi) is 6.23. The number of alkyl carbamates (subject to hydrolysis) is 1. The summed E-state index contributed by atoms with van der Waals surface area (Å²) < 4.78 is 11.3. The Hall–Kier alpha value is -3.39. The highest BCUT2D eigenvalue weighted by Crippen LogP contribution is 2.44. The average Bonchev–Trinajstić information content (AvgIpc) is 3.52. The second-order valence-corrected chi connectivity index (χ2v) is 9.79. The molecule has 184 valence electrons. The van der Waals surface area contributed by atoms with Gasteiger partial charge in [0.2, 0.25) is 5.91 Å². The smallest absolute Gasteiger partial charge is 0.407 e. The van der Waals surface area contributed by atoms with Crippen molar-refractivity contribution in [3.63, 3.8) is 0 Å².